The molecule has 3 aromatic carbocycles. The lowest BCUT2D eigenvalue weighted by atomic mass is 9.83. The topological polar surface area (TPSA) is 108 Å². The lowest BCUT2D eigenvalue weighted by molar-refractivity contribution is -0.146. The van der Waals surface area contributed by atoms with Crippen LogP contribution in [0.4, 0.5) is 5.69 Å². The van der Waals surface area contributed by atoms with E-state index in [0.29, 0.717) is 47.5 Å². The van der Waals surface area contributed by atoms with E-state index in [1.54, 1.807) is 42.5 Å². The van der Waals surface area contributed by atoms with Crippen LogP contribution in [0.5, 0.6) is 0 Å². The highest BCUT2D eigenvalue weighted by atomic mass is 16.6. The van der Waals surface area contributed by atoms with Gasteiger partial charge in [-0.1, -0.05) is 66.7 Å². The summed E-state index contributed by atoms with van der Waals surface area (Å²) in [5.41, 5.74) is 9.09. The maximum absolute atomic E-state index is 13.0. The lowest BCUT2D eigenvalue weighted by Gasteiger charge is -2.20. The van der Waals surface area contributed by atoms with Crippen LogP contribution in [0.15, 0.2) is 72.8 Å². The van der Waals surface area contributed by atoms with Gasteiger partial charge in [-0.05, 0) is 18.1 Å². The van der Waals surface area contributed by atoms with Crippen molar-refractivity contribution in [2.45, 2.75) is 12.5 Å². The number of esters is 1. The van der Waals surface area contributed by atoms with Gasteiger partial charge in [0.15, 0.2) is 11.6 Å². The predicted octanol–water partition coefficient (Wildman–Crippen LogP) is 3.00. The molecule has 0 fully saturated rings. The minimum Gasteiger partial charge on any atom is -0.462 e. The molecule has 0 spiro atoms. The van der Waals surface area contributed by atoms with Crippen LogP contribution in [0.1, 0.15) is 37.4 Å². The predicted molar refractivity (Wildman–Crippen MR) is 128 cm³/mol. The van der Waals surface area contributed by atoms with Gasteiger partial charge in [0.1, 0.15) is 12.6 Å². The van der Waals surface area contributed by atoms with Crippen LogP contribution in [0.3, 0.4) is 0 Å². The molecule has 1 atom stereocenters. The van der Waals surface area contributed by atoms with Gasteiger partial charge in [0.2, 0.25) is 0 Å². The fourth-order valence-electron chi connectivity index (χ4n) is 3.91. The second kappa shape index (κ2) is 10.9. The number of nitrogens with two attached hydrogens (primary N) is 1. The van der Waals surface area contributed by atoms with Crippen LogP contribution in [0, 0.1) is 0 Å². The zero-order valence-corrected chi connectivity index (χ0v) is 18.7. The van der Waals surface area contributed by atoms with Crippen molar-refractivity contribution in [2.24, 2.45) is 5.73 Å². The van der Waals surface area contributed by atoms with Gasteiger partial charge in [-0.3, -0.25) is 14.4 Å². The van der Waals surface area contributed by atoms with E-state index in [2.05, 4.69) is 5.32 Å². The molecule has 3 aromatic rings. The zero-order valence-electron chi connectivity index (χ0n) is 18.7. The van der Waals surface area contributed by atoms with Gasteiger partial charge in [-0.25, -0.2) is 0 Å². The Kier molecular flexibility index (Phi) is 7.47. The van der Waals surface area contributed by atoms with Gasteiger partial charge < -0.3 is 20.5 Å². The van der Waals surface area contributed by atoms with E-state index in [9.17, 15) is 14.4 Å². The number of fused-ring (bicyclic) bond motifs is 2. The fraction of sp³-hybridized carbons (Fsp3) is 0.222. The van der Waals surface area contributed by atoms with E-state index in [1.165, 1.54) is 0 Å². The van der Waals surface area contributed by atoms with Gasteiger partial charge in [-0.2, -0.15) is 0 Å². The maximum Gasteiger partial charge on any atom is 0.323 e. The highest BCUT2D eigenvalue weighted by Gasteiger charge is 2.31. The number of benzene rings is 3. The molecule has 0 amide bonds. The zero-order chi connectivity index (χ0) is 23.9. The van der Waals surface area contributed by atoms with Crippen LogP contribution in [-0.2, 0) is 20.7 Å². The van der Waals surface area contributed by atoms with Crippen molar-refractivity contribution in [2.75, 3.05) is 31.7 Å². The monoisotopic (exact) mass is 458 g/mol. The van der Waals surface area contributed by atoms with E-state index in [1.807, 2.05) is 30.3 Å². The van der Waals surface area contributed by atoms with E-state index < -0.39 is 12.0 Å². The van der Waals surface area contributed by atoms with Gasteiger partial charge in [0.05, 0.1) is 18.8 Å². The molecule has 1 aliphatic carbocycles. The smallest absolute Gasteiger partial charge is 0.323 e. The Labute approximate surface area is 197 Å². The number of rotatable bonds is 10. The number of ketones is 2. The quantitative estimate of drug-likeness (QED) is 0.278. The summed E-state index contributed by atoms with van der Waals surface area (Å²) in [6.45, 7) is 1.08. The molecule has 1 aliphatic rings. The number of ether oxygens (including phenoxy) is 2. The summed E-state index contributed by atoms with van der Waals surface area (Å²) in [5, 5.41) is 3.17. The molecule has 0 heterocycles. The van der Waals surface area contributed by atoms with Gasteiger partial charge in [0, 0.05) is 28.9 Å². The third-order valence-electron chi connectivity index (χ3n) is 5.59. The molecule has 7 nitrogen and oxygen atoms in total. The molecule has 3 N–H and O–H groups in total. The van der Waals surface area contributed by atoms with Crippen molar-refractivity contribution in [3.05, 3.63) is 101 Å². The average molecular weight is 459 g/mol. The van der Waals surface area contributed by atoms with Crippen LogP contribution in [0.25, 0.3) is 0 Å². The normalized spacial score (nSPS) is 13.1. The first-order valence-electron chi connectivity index (χ1n) is 11.2. The molecule has 7 heteroatoms. The Morgan fingerprint density at radius 3 is 2.24 bits per heavy atom. The Balaban J connectivity index is 1.21. The van der Waals surface area contributed by atoms with Gasteiger partial charge in [-0.15, -0.1) is 0 Å². The number of hydrogen-bond donors (Lipinski definition) is 2. The fourth-order valence-corrected chi connectivity index (χ4v) is 3.91. The van der Waals surface area contributed by atoms with Crippen LogP contribution in [0.2, 0.25) is 0 Å². The molecule has 0 saturated carbocycles. The van der Waals surface area contributed by atoms with Crippen molar-refractivity contribution >= 4 is 23.2 Å². The molecule has 0 saturated heterocycles. The molecule has 4 rings (SSSR count). The largest absolute Gasteiger partial charge is 0.462 e. The van der Waals surface area contributed by atoms with Crippen molar-refractivity contribution in [3.8, 4) is 0 Å². The number of carbonyl (C=O) groups excluding carboxylic acids is 3. The second-order valence-electron chi connectivity index (χ2n) is 7.93. The van der Waals surface area contributed by atoms with Crippen molar-refractivity contribution < 1.29 is 23.9 Å². The van der Waals surface area contributed by atoms with E-state index in [0.717, 1.165) is 5.56 Å². The molecule has 0 radical (unpaired) electrons. The van der Waals surface area contributed by atoms with E-state index in [-0.39, 0.29) is 24.8 Å². The van der Waals surface area contributed by atoms with Crippen molar-refractivity contribution in [3.63, 3.8) is 0 Å². The Bertz CT molecular complexity index is 1190. The van der Waals surface area contributed by atoms with E-state index in [4.69, 9.17) is 15.2 Å². The third-order valence-corrected chi connectivity index (χ3v) is 5.59. The minimum atomic E-state index is -0.723. The molecule has 174 valence electrons. The molecule has 0 unspecified atom stereocenters. The SMILES string of the molecule is N[C@@H](Cc1ccccc1)C(=O)OCCOCCNc1cccc2c1C(=O)c1ccccc1C2=O. The van der Waals surface area contributed by atoms with Crippen LogP contribution >= 0.6 is 0 Å². The Hall–Kier alpha value is -3.81. The second-order valence-corrected chi connectivity index (χ2v) is 7.93. The number of carbonyl (C=O) groups is 3. The van der Waals surface area contributed by atoms with Crippen molar-refractivity contribution in [1.82, 2.24) is 0 Å². The Morgan fingerprint density at radius 1 is 0.794 bits per heavy atom. The average Bonchev–Trinajstić information content (AvgIpc) is 2.87. The number of hydrogen-bond acceptors (Lipinski definition) is 7. The first-order chi connectivity index (χ1) is 16.6. The molecular formula is C27H26N2O5. The van der Waals surface area contributed by atoms with Crippen molar-refractivity contribution in [1.29, 1.82) is 0 Å². The molecule has 0 aliphatic heterocycles. The first kappa shape index (κ1) is 23.4. The minimum absolute atomic E-state index is 0.103. The Morgan fingerprint density at radius 2 is 1.47 bits per heavy atom. The summed E-state index contributed by atoms with van der Waals surface area (Å²) in [5.74, 6) is -0.796. The number of anilines is 1. The lowest BCUT2D eigenvalue weighted by Crippen LogP contribution is -2.35. The summed E-state index contributed by atoms with van der Waals surface area (Å²) in [6, 6.07) is 20.8. The van der Waals surface area contributed by atoms with Gasteiger partial charge >= 0.3 is 5.97 Å². The van der Waals surface area contributed by atoms with Crippen LogP contribution in [-0.4, -0.2) is 49.9 Å². The van der Waals surface area contributed by atoms with Crippen LogP contribution < -0.4 is 11.1 Å². The molecule has 0 aromatic heterocycles. The highest BCUT2D eigenvalue weighted by Crippen LogP contribution is 2.31. The summed E-state index contributed by atoms with van der Waals surface area (Å²) < 4.78 is 10.7. The maximum atomic E-state index is 13.0. The standard InChI is InChI=1S/C27H26N2O5/c28-22(17-18-7-2-1-3-8-18)27(32)34-16-15-33-14-13-29-23-12-6-11-21-24(23)26(31)20-10-5-4-9-19(20)25(21)30/h1-12,22,29H,13-17,28H2/t22-/m0/s1. The molecular weight excluding hydrogens is 432 g/mol. The summed E-state index contributed by atoms with van der Waals surface area (Å²) in [4.78, 5) is 37.8. The molecule has 34 heavy (non-hydrogen) atoms. The third kappa shape index (κ3) is 5.22. The highest BCUT2D eigenvalue weighted by molar-refractivity contribution is 6.30. The first-order valence-corrected chi connectivity index (χ1v) is 11.2. The van der Waals surface area contributed by atoms with E-state index >= 15 is 0 Å². The summed E-state index contributed by atoms with van der Waals surface area (Å²) >= 11 is 0. The van der Waals surface area contributed by atoms with Gasteiger partial charge in [0.25, 0.3) is 0 Å². The summed E-state index contributed by atoms with van der Waals surface area (Å²) in [6.07, 6.45) is 0.414. The summed E-state index contributed by atoms with van der Waals surface area (Å²) in [7, 11) is 0. The molecule has 0 bridgehead atoms. The number of nitrogens with one attached hydrogen (secondary N) is 1.